The van der Waals surface area contributed by atoms with E-state index < -0.39 is 18.7 Å². The molecule has 28 heavy (non-hydrogen) atoms. The van der Waals surface area contributed by atoms with E-state index in [9.17, 15) is 22.8 Å². The zero-order valence-electron chi connectivity index (χ0n) is 15.9. The number of ether oxygens (including phenoxy) is 1. The van der Waals surface area contributed by atoms with Crippen LogP contribution in [0, 0.1) is 5.92 Å². The molecular weight excluding hydrogens is 375 g/mol. The van der Waals surface area contributed by atoms with Crippen LogP contribution in [0.3, 0.4) is 0 Å². The Bertz CT molecular complexity index is 659. The van der Waals surface area contributed by atoms with Gasteiger partial charge in [-0.05, 0) is 31.4 Å². The van der Waals surface area contributed by atoms with E-state index in [1.807, 2.05) is 0 Å². The lowest BCUT2D eigenvalue weighted by atomic mass is 9.95. The van der Waals surface area contributed by atoms with Crippen LogP contribution >= 0.6 is 0 Å². The molecule has 1 aromatic heterocycles. The number of hydrogen-bond donors (Lipinski definition) is 1. The summed E-state index contributed by atoms with van der Waals surface area (Å²) in [5.74, 6) is -0.924. The zero-order valence-corrected chi connectivity index (χ0v) is 15.9. The molecule has 156 valence electrons. The van der Waals surface area contributed by atoms with Crippen molar-refractivity contribution in [3.05, 3.63) is 23.9 Å². The number of unbranched alkanes of at least 4 members (excludes halogenated alkanes) is 2. The number of carbonyl (C=O) groups is 2. The lowest BCUT2D eigenvalue weighted by Gasteiger charge is -2.31. The average molecular weight is 401 g/mol. The fourth-order valence-electron chi connectivity index (χ4n) is 3.06. The maximum Gasteiger partial charge on any atom is 0.422 e. The maximum atomic E-state index is 12.7. The van der Waals surface area contributed by atoms with Gasteiger partial charge in [-0.25, -0.2) is 4.98 Å². The van der Waals surface area contributed by atoms with Crippen molar-refractivity contribution in [3.63, 3.8) is 0 Å². The largest absolute Gasteiger partial charge is 0.467 e. The number of hydrogen-bond acceptors (Lipinski definition) is 4. The number of nitrogens with one attached hydrogen (secondary N) is 1. The minimum atomic E-state index is -4.51. The summed E-state index contributed by atoms with van der Waals surface area (Å²) in [5.41, 5.74) is -0.00535. The smallest absolute Gasteiger partial charge is 0.422 e. The van der Waals surface area contributed by atoms with E-state index in [2.05, 4.69) is 22.0 Å². The number of alkyl halides is 3. The highest BCUT2D eigenvalue weighted by atomic mass is 19.4. The first-order valence-corrected chi connectivity index (χ1v) is 9.53. The molecular formula is C19H26F3N3O3. The molecule has 0 bridgehead atoms. The van der Waals surface area contributed by atoms with Crippen molar-refractivity contribution in [2.75, 3.05) is 26.2 Å². The molecule has 0 saturated carbocycles. The Kier molecular flexibility index (Phi) is 8.07. The highest BCUT2D eigenvalue weighted by Crippen LogP contribution is 2.24. The summed E-state index contributed by atoms with van der Waals surface area (Å²) in [4.78, 5) is 30.2. The van der Waals surface area contributed by atoms with Gasteiger partial charge in [0.1, 0.15) is 5.56 Å². The molecule has 1 saturated heterocycles. The molecule has 0 atom stereocenters. The van der Waals surface area contributed by atoms with Gasteiger partial charge in [-0.15, -0.1) is 0 Å². The van der Waals surface area contributed by atoms with Crippen LogP contribution in [0.1, 0.15) is 49.4 Å². The molecule has 1 fully saturated rings. The Labute approximate surface area is 162 Å². The number of pyridine rings is 1. The van der Waals surface area contributed by atoms with Gasteiger partial charge < -0.3 is 15.0 Å². The van der Waals surface area contributed by atoms with Gasteiger partial charge in [-0.3, -0.25) is 9.59 Å². The fourth-order valence-corrected chi connectivity index (χ4v) is 3.06. The molecule has 0 radical (unpaired) electrons. The summed E-state index contributed by atoms with van der Waals surface area (Å²) in [7, 11) is 0. The topological polar surface area (TPSA) is 71.5 Å². The first-order valence-electron chi connectivity index (χ1n) is 9.53. The van der Waals surface area contributed by atoms with Crippen LogP contribution in [-0.2, 0) is 4.79 Å². The van der Waals surface area contributed by atoms with Gasteiger partial charge >= 0.3 is 6.18 Å². The molecule has 1 N–H and O–H groups in total. The first-order chi connectivity index (χ1) is 13.3. The Balaban J connectivity index is 1.89. The van der Waals surface area contributed by atoms with Crippen molar-refractivity contribution < 1.29 is 27.5 Å². The normalized spacial score (nSPS) is 15.4. The fraction of sp³-hybridized carbons (Fsp3) is 0.632. The minimum absolute atomic E-state index is 0.00113. The quantitative estimate of drug-likeness (QED) is 0.679. The Hall–Kier alpha value is -2.32. The SMILES string of the molecule is CCCCCNC(=O)C1CCN(C(=O)c2cccnc2OCC(F)(F)F)CC1. The molecule has 2 heterocycles. The molecule has 0 aromatic carbocycles. The molecule has 0 spiro atoms. The molecule has 2 amide bonds. The Morgan fingerprint density at radius 1 is 1.29 bits per heavy atom. The van der Waals surface area contributed by atoms with Crippen LogP contribution in [0.15, 0.2) is 18.3 Å². The maximum absolute atomic E-state index is 12.7. The molecule has 1 aliphatic heterocycles. The number of nitrogens with zero attached hydrogens (tertiary/aromatic N) is 2. The van der Waals surface area contributed by atoms with E-state index in [0.717, 1.165) is 19.3 Å². The van der Waals surface area contributed by atoms with E-state index in [1.54, 1.807) is 0 Å². The van der Waals surface area contributed by atoms with Gasteiger partial charge in [0.2, 0.25) is 11.8 Å². The molecule has 2 rings (SSSR count). The summed E-state index contributed by atoms with van der Waals surface area (Å²) < 4.78 is 41.9. The summed E-state index contributed by atoms with van der Waals surface area (Å²) >= 11 is 0. The van der Waals surface area contributed by atoms with Crippen LogP contribution in [0.4, 0.5) is 13.2 Å². The average Bonchev–Trinajstić information content (AvgIpc) is 2.69. The van der Waals surface area contributed by atoms with Crippen LogP contribution in [-0.4, -0.2) is 54.1 Å². The van der Waals surface area contributed by atoms with E-state index in [4.69, 9.17) is 0 Å². The number of amides is 2. The van der Waals surface area contributed by atoms with Crippen molar-refractivity contribution in [3.8, 4) is 5.88 Å². The molecule has 1 aromatic rings. The van der Waals surface area contributed by atoms with Crippen molar-refractivity contribution in [2.45, 2.75) is 45.2 Å². The van der Waals surface area contributed by atoms with E-state index in [0.29, 0.717) is 32.5 Å². The summed E-state index contributed by atoms with van der Waals surface area (Å²) in [6.07, 6.45) is 0.894. The van der Waals surface area contributed by atoms with Crippen molar-refractivity contribution in [1.82, 2.24) is 15.2 Å². The van der Waals surface area contributed by atoms with Gasteiger partial charge in [0.05, 0.1) is 0 Å². The van der Waals surface area contributed by atoms with Gasteiger partial charge in [-0.2, -0.15) is 13.2 Å². The monoisotopic (exact) mass is 401 g/mol. The Morgan fingerprint density at radius 3 is 2.64 bits per heavy atom. The van der Waals surface area contributed by atoms with Crippen LogP contribution in [0.5, 0.6) is 5.88 Å². The van der Waals surface area contributed by atoms with Gasteiger partial charge in [0.15, 0.2) is 6.61 Å². The molecule has 1 aliphatic rings. The third-order valence-electron chi connectivity index (χ3n) is 4.61. The van der Waals surface area contributed by atoms with Gasteiger partial charge in [0, 0.05) is 31.7 Å². The number of piperidine rings is 1. The van der Waals surface area contributed by atoms with Crippen LogP contribution < -0.4 is 10.1 Å². The number of rotatable bonds is 8. The third-order valence-corrected chi connectivity index (χ3v) is 4.61. The minimum Gasteiger partial charge on any atom is -0.467 e. The lowest BCUT2D eigenvalue weighted by Crippen LogP contribution is -2.43. The lowest BCUT2D eigenvalue weighted by molar-refractivity contribution is -0.154. The van der Waals surface area contributed by atoms with Crippen LogP contribution in [0.25, 0.3) is 0 Å². The van der Waals surface area contributed by atoms with Crippen molar-refractivity contribution >= 4 is 11.8 Å². The number of likely N-dealkylation sites (tertiary alicyclic amines) is 1. The second kappa shape index (κ2) is 10.3. The summed E-state index contributed by atoms with van der Waals surface area (Å²) in [6.45, 7) is 1.96. The molecule has 0 unspecified atom stereocenters. The van der Waals surface area contributed by atoms with Crippen molar-refractivity contribution in [1.29, 1.82) is 0 Å². The Morgan fingerprint density at radius 2 is 2.00 bits per heavy atom. The zero-order chi connectivity index (χ0) is 20.6. The predicted octanol–water partition coefficient (Wildman–Crippen LogP) is 3.18. The number of aromatic nitrogens is 1. The second-order valence-corrected chi connectivity index (χ2v) is 6.82. The van der Waals surface area contributed by atoms with Gasteiger partial charge in [0.25, 0.3) is 5.91 Å². The number of halogens is 3. The van der Waals surface area contributed by atoms with Crippen LogP contribution in [0.2, 0.25) is 0 Å². The molecule has 6 nitrogen and oxygen atoms in total. The first kappa shape index (κ1) is 22.0. The predicted molar refractivity (Wildman–Crippen MR) is 96.9 cm³/mol. The standard InChI is InChI=1S/C19H26F3N3O3/c1-2-3-4-9-23-16(26)14-7-11-25(12-8-14)18(27)15-6-5-10-24-17(15)28-13-19(20,21)22/h5-6,10,14H,2-4,7-9,11-13H2,1H3,(H,23,26). The highest BCUT2D eigenvalue weighted by molar-refractivity contribution is 5.96. The number of carbonyl (C=O) groups excluding carboxylic acids is 2. The van der Waals surface area contributed by atoms with Crippen molar-refractivity contribution in [2.24, 2.45) is 5.92 Å². The van der Waals surface area contributed by atoms with E-state index in [-0.39, 0.29) is 23.3 Å². The second-order valence-electron chi connectivity index (χ2n) is 6.82. The summed E-state index contributed by atoms with van der Waals surface area (Å²) in [5, 5.41) is 2.92. The molecule has 0 aliphatic carbocycles. The summed E-state index contributed by atoms with van der Waals surface area (Å²) in [6, 6.07) is 2.87. The van der Waals surface area contributed by atoms with E-state index in [1.165, 1.54) is 23.2 Å². The van der Waals surface area contributed by atoms with Gasteiger partial charge in [-0.1, -0.05) is 19.8 Å². The highest BCUT2D eigenvalue weighted by Gasteiger charge is 2.32. The molecule has 9 heteroatoms. The third kappa shape index (κ3) is 6.69. The van der Waals surface area contributed by atoms with E-state index >= 15 is 0 Å².